The molecule has 0 spiro atoms. The van der Waals surface area contributed by atoms with E-state index in [4.69, 9.17) is 11.6 Å². The number of hydrogen-bond acceptors (Lipinski definition) is 3. The van der Waals surface area contributed by atoms with Gasteiger partial charge < -0.3 is 4.98 Å². The van der Waals surface area contributed by atoms with Crippen LogP contribution in [0, 0.1) is 5.82 Å². The lowest BCUT2D eigenvalue weighted by molar-refractivity contribution is -0.141. The Balaban J connectivity index is 2.79. The molecule has 0 radical (unpaired) electrons. The topological polar surface area (TPSA) is 71.9 Å². The molecule has 2 rings (SSSR count). The van der Waals surface area contributed by atoms with Gasteiger partial charge in [-0.3, -0.25) is 9.59 Å². The Kier molecular flexibility index (Phi) is 4.16. The van der Waals surface area contributed by atoms with Crippen LogP contribution in [-0.4, -0.2) is 15.3 Å². The van der Waals surface area contributed by atoms with Crippen LogP contribution in [0.25, 0.3) is 5.69 Å². The number of halogens is 5. The molecule has 23 heavy (non-hydrogen) atoms. The predicted octanol–water partition coefficient (Wildman–Crippen LogP) is 2.54. The molecule has 0 saturated heterocycles. The van der Waals surface area contributed by atoms with Crippen molar-refractivity contribution in [3.05, 3.63) is 61.1 Å². The van der Waals surface area contributed by atoms with E-state index in [0.29, 0.717) is 6.07 Å². The zero-order chi connectivity index (χ0) is 17.5. The third-order valence-corrected chi connectivity index (χ3v) is 3.21. The van der Waals surface area contributed by atoms with Gasteiger partial charge in [0.25, 0.3) is 5.56 Å². The number of aromatic amines is 1. The molecule has 0 amide bonds. The van der Waals surface area contributed by atoms with Gasteiger partial charge in [-0.25, -0.2) is 13.8 Å². The van der Waals surface area contributed by atoms with E-state index in [2.05, 4.69) is 0 Å². The molecule has 10 heteroatoms. The Morgan fingerprint density at radius 3 is 2.30 bits per heavy atom. The Morgan fingerprint density at radius 1 is 1.22 bits per heavy atom. The maximum absolute atomic E-state index is 13.9. The van der Waals surface area contributed by atoms with Gasteiger partial charge in [0.1, 0.15) is 11.5 Å². The Bertz CT molecular complexity index is 884. The highest BCUT2D eigenvalue weighted by atomic mass is 35.5. The highest BCUT2D eigenvalue weighted by Crippen LogP contribution is 2.26. The van der Waals surface area contributed by atoms with Crippen molar-refractivity contribution >= 4 is 17.4 Å². The maximum atomic E-state index is 13.9. The van der Waals surface area contributed by atoms with Crippen molar-refractivity contribution in [1.29, 1.82) is 0 Å². The number of carbonyl (C=O) groups excluding carboxylic acids is 1. The minimum absolute atomic E-state index is 0.114. The number of aromatic nitrogens is 2. The average Bonchev–Trinajstić information content (AvgIpc) is 2.38. The molecule has 122 valence electrons. The van der Waals surface area contributed by atoms with Crippen molar-refractivity contribution in [3.8, 4) is 5.69 Å². The molecule has 1 aromatic heterocycles. The van der Waals surface area contributed by atoms with Gasteiger partial charge in [0, 0.05) is 11.6 Å². The van der Waals surface area contributed by atoms with Gasteiger partial charge in [0.2, 0.25) is 0 Å². The zero-order valence-corrected chi connectivity index (χ0v) is 12.0. The first-order valence-corrected chi connectivity index (χ1v) is 6.34. The molecular weight excluding hydrogens is 344 g/mol. The lowest BCUT2D eigenvalue weighted by Crippen LogP contribution is -2.36. The fraction of sp³-hybridized carbons (Fsp3) is 0.154. The molecular formula is C13H7ClF4N2O3. The van der Waals surface area contributed by atoms with Crippen molar-refractivity contribution in [2.45, 2.75) is 13.1 Å². The van der Waals surface area contributed by atoms with Crippen LogP contribution in [0.3, 0.4) is 0 Å². The number of hydrogen-bond donors (Lipinski definition) is 1. The third kappa shape index (κ3) is 3.19. The first kappa shape index (κ1) is 16.9. The number of alkyl halides is 3. The maximum Gasteiger partial charge on any atom is 0.431 e. The quantitative estimate of drug-likeness (QED) is 0.668. The van der Waals surface area contributed by atoms with E-state index < -0.39 is 40.4 Å². The molecule has 1 N–H and O–H groups in total. The summed E-state index contributed by atoms with van der Waals surface area (Å²) in [6.45, 7) is 1.11. The van der Waals surface area contributed by atoms with Crippen molar-refractivity contribution in [2.75, 3.05) is 0 Å². The number of nitrogens with zero attached hydrogens (tertiary/aromatic N) is 1. The lowest BCUT2D eigenvalue weighted by atomic mass is 10.1. The van der Waals surface area contributed by atoms with Crippen LogP contribution >= 0.6 is 11.6 Å². The Labute approximate surface area is 130 Å². The summed E-state index contributed by atoms with van der Waals surface area (Å²) in [6, 6.07) is 1.63. The van der Waals surface area contributed by atoms with Crippen molar-refractivity contribution in [1.82, 2.24) is 9.55 Å². The van der Waals surface area contributed by atoms with Gasteiger partial charge in [-0.2, -0.15) is 13.2 Å². The Morgan fingerprint density at radius 2 is 1.83 bits per heavy atom. The SMILES string of the molecule is CC(=O)c1cc(-n2c(=O)cc(C(F)(F)F)[nH]c2=O)c(F)cc1Cl. The molecule has 0 aliphatic rings. The molecule has 1 aromatic carbocycles. The van der Waals surface area contributed by atoms with E-state index in [1.54, 1.807) is 0 Å². The van der Waals surface area contributed by atoms with Crippen molar-refractivity contribution < 1.29 is 22.4 Å². The summed E-state index contributed by atoms with van der Waals surface area (Å²) in [6.07, 6.45) is -4.94. The van der Waals surface area contributed by atoms with Crippen LogP contribution in [0.1, 0.15) is 23.0 Å². The van der Waals surface area contributed by atoms with Crippen molar-refractivity contribution in [3.63, 3.8) is 0 Å². The molecule has 0 bridgehead atoms. The van der Waals surface area contributed by atoms with Crippen LogP contribution in [0.4, 0.5) is 17.6 Å². The second-order valence-electron chi connectivity index (χ2n) is 4.50. The molecule has 0 atom stereocenters. The van der Waals surface area contributed by atoms with E-state index in [0.717, 1.165) is 13.0 Å². The summed E-state index contributed by atoms with van der Waals surface area (Å²) >= 11 is 5.67. The van der Waals surface area contributed by atoms with Gasteiger partial charge in [-0.1, -0.05) is 11.6 Å². The number of carbonyl (C=O) groups is 1. The largest absolute Gasteiger partial charge is 0.431 e. The summed E-state index contributed by atoms with van der Waals surface area (Å²) in [7, 11) is 0. The second kappa shape index (κ2) is 5.65. The standard InChI is InChI=1S/C13H7ClF4N2O3/c1-5(21)6-2-9(8(15)3-7(6)14)20-11(22)4-10(13(16,17)18)19-12(20)23/h2-4H,1H3,(H,19,23). The lowest BCUT2D eigenvalue weighted by Gasteiger charge is -2.11. The molecule has 5 nitrogen and oxygen atoms in total. The number of ketones is 1. The fourth-order valence-electron chi connectivity index (χ4n) is 1.85. The first-order valence-electron chi connectivity index (χ1n) is 5.96. The van der Waals surface area contributed by atoms with Gasteiger partial charge in [-0.05, 0) is 19.1 Å². The van der Waals surface area contributed by atoms with Gasteiger partial charge in [0.05, 0.1) is 10.7 Å². The molecule has 0 fully saturated rings. The highest BCUT2D eigenvalue weighted by Gasteiger charge is 2.33. The number of rotatable bonds is 2. The molecule has 0 unspecified atom stereocenters. The van der Waals surface area contributed by atoms with E-state index in [-0.39, 0.29) is 21.2 Å². The molecule has 2 aromatic rings. The van der Waals surface area contributed by atoms with E-state index >= 15 is 0 Å². The van der Waals surface area contributed by atoms with E-state index in [1.165, 1.54) is 4.98 Å². The fourth-order valence-corrected chi connectivity index (χ4v) is 2.14. The first-order chi connectivity index (χ1) is 10.5. The summed E-state index contributed by atoms with van der Waals surface area (Å²) < 4.78 is 51.7. The smallest absolute Gasteiger partial charge is 0.303 e. The second-order valence-corrected chi connectivity index (χ2v) is 4.91. The minimum Gasteiger partial charge on any atom is -0.303 e. The van der Waals surface area contributed by atoms with E-state index in [9.17, 15) is 31.9 Å². The van der Waals surface area contributed by atoms with Crippen LogP contribution in [0.5, 0.6) is 0 Å². The minimum atomic E-state index is -4.94. The molecule has 1 heterocycles. The van der Waals surface area contributed by atoms with Gasteiger partial charge in [0.15, 0.2) is 5.78 Å². The number of nitrogens with one attached hydrogen (secondary N) is 1. The summed E-state index contributed by atoms with van der Waals surface area (Å²) in [5, 5.41) is -0.255. The highest BCUT2D eigenvalue weighted by molar-refractivity contribution is 6.33. The monoisotopic (exact) mass is 350 g/mol. The van der Waals surface area contributed by atoms with Crippen LogP contribution in [0.2, 0.25) is 5.02 Å². The van der Waals surface area contributed by atoms with Crippen LogP contribution in [0.15, 0.2) is 27.8 Å². The predicted molar refractivity (Wildman–Crippen MR) is 72.6 cm³/mol. The Hall–Kier alpha value is -2.42. The van der Waals surface area contributed by atoms with Crippen LogP contribution in [-0.2, 0) is 6.18 Å². The summed E-state index contributed by atoms with van der Waals surface area (Å²) in [4.78, 5) is 36.4. The van der Waals surface area contributed by atoms with Gasteiger partial charge >= 0.3 is 11.9 Å². The van der Waals surface area contributed by atoms with Gasteiger partial charge in [-0.15, -0.1) is 0 Å². The van der Waals surface area contributed by atoms with Crippen LogP contribution < -0.4 is 11.2 Å². The number of H-pyrrole nitrogens is 1. The normalized spacial score (nSPS) is 11.6. The number of Topliss-reactive ketones (excluding diaryl/α,β-unsaturated/α-hetero) is 1. The van der Waals surface area contributed by atoms with Crippen molar-refractivity contribution in [2.24, 2.45) is 0 Å². The molecule has 0 aliphatic carbocycles. The average molecular weight is 351 g/mol. The molecule has 0 aliphatic heterocycles. The zero-order valence-electron chi connectivity index (χ0n) is 11.3. The third-order valence-electron chi connectivity index (χ3n) is 2.89. The number of benzene rings is 1. The van der Waals surface area contributed by atoms with E-state index in [1.807, 2.05) is 0 Å². The summed E-state index contributed by atoms with van der Waals surface area (Å²) in [5.74, 6) is -1.72. The summed E-state index contributed by atoms with van der Waals surface area (Å²) in [5.41, 5.74) is -5.34. The molecule has 0 saturated carbocycles.